The van der Waals surface area contributed by atoms with Crippen LogP contribution in [0.1, 0.15) is 322 Å². The molecular formula is C88H149NO8P+. The molecule has 0 saturated carbocycles. The number of esters is 2. The molecule has 558 valence electrons. The van der Waals surface area contributed by atoms with Crippen LogP contribution >= 0.6 is 7.82 Å². The number of ether oxygens (including phenoxy) is 2. The largest absolute Gasteiger partial charge is 0.472 e. The average Bonchev–Trinajstić information content (AvgIpc) is 1.08. The normalized spacial score (nSPS) is 14.0. The number of likely N-dealkylation sites (N-methyl/N-ethyl adjacent to an activating group) is 1. The van der Waals surface area contributed by atoms with Crippen LogP contribution < -0.4 is 0 Å². The molecule has 9 nitrogen and oxygen atoms in total. The highest BCUT2D eigenvalue weighted by molar-refractivity contribution is 7.47. The monoisotopic (exact) mass is 1380 g/mol. The van der Waals surface area contributed by atoms with E-state index in [2.05, 4.69) is 184 Å². The second kappa shape index (κ2) is 76.5. The van der Waals surface area contributed by atoms with Crippen LogP contribution in [0.2, 0.25) is 0 Å². The van der Waals surface area contributed by atoms with E-state index in [4.69, 9.17) is 18.5 Å². The van der Waals surface area contributed by atoms with Crippen LogP contribution in [-0.4, -0.2) is 74.9 Å². The Morgan fingerprint density at radius 3 is 0.816 bits per heavy atom. The Morgan fingerprint density at radius 1 is 0.316 bits per heavy atom. The molecule has 0 aromatic rings. The van der Waals surface area contributed by atoms with Crippen molar-refractivity contribution in [2.45, 2.75) is 328 Å². The first-order valence-electron chi connectivity index (χ1n) is 39.9. The molecule has 0 aromatic heterocycles. The Bertz CT molecular complexity index is 2270. The van der Waals surface area contributed by atoms with E-state index < -0.39 is 26.5 Å². The van der Waals surface area contributed by atoms with Gasteiger partial charge in [-0.2, -0.15) is 0 Å². The topological polar surface area (TPSA) is 108 Å². The van der Waals surface area contributed by atoms with Crippen molar-refractivity contribution in [3.05, 3.63) is 170 Å². The van der Waals surface area contributed by atoms with Gasteiger partial charge in [0.15, 0.2) is 6.10 Å². The van der Waals surface area contributed by atoms with Gasteiger partial charge >= 0.3 is 19.8 Å². The van der Waals surface area contributed by atoms with E-state index in [1.165, 1.54) is 154 Å². The Labute approximate surface area is 604 Å². The first-order valence-corrected chi connectivity index (χ1v) is 41.4. The van der Waals surface area contributed by atoms with Crippen molar-refractivity contribution in [1.29, 1.82) is 0 Å². The fourth-order valence-electron chi connectivity index (χ4n) is 10.7. The summed E-state index contributed by atoms with van der Waals surface area (Å²) in [6, 6.07) is 0. The lowest BCUT2D eigenvalue weighted by Crippen LogP contribution is -2.37. The maximum atomic E-state index is 12.9. The molecular weight excluding hydrogens is 1230 g/mol. The van der Waals surface area contributed by atoms with Gasteiger partial charge < -0.3 is 18.9 Å². The smallest absolute Gasteiger partial charge is 0.462 e. The summed E-state index contributed by atoms with van der Waals surface area (Å²) in [4.78, 5) is 36.0. The summed E-state index contributed by atoms with van der Waals surface area (Å²) < 4.78 is 34.8. The lowest BCUT2D eigenvalue weighted by atomic mass is 10.0. The van der Waals surface area contributed by atoms with E-state index in [1.807, 2.05) is 21.1 Å². The fourth-order valence-corrected chi connectivity index (χ4v) is 11.5. The van der Waals surface area contributed by atoms with E-state index in [0.717, 1.165) is 135 Å². The zero-order valence-electron chi connectivity index (χ0n) is 63.7. The molecule has 0 aliphatic rings. The summed E-state index contributed by atoms with van der Waals surface area (Å²) in [5.41, 5.74) is 0. The van der Waals surface area contributed by atoms with Crippen molar-refractivity contribution in [2.75, 3.05) is 47.5 Å². The highest BCUT2D eigenvalue weighted by atomic mass is 31.2. The number of carbonyl (C=O) groups excluding carboxylic acids is 2. The molecule has 0 saturated heterocycles. The third-order valence-electron chi connectivity index (χ3n) is 16.7. The fraction of sp³-hybridized carbons (Fsp3) is 0.659. The van der Waals surface area contributed by atoms with Crippen molar-refractivity contribution >= 4 is 19.8 Å². The van der Waals surface area contributed by atoms with Gasteiger partial charge in [0, 0.05) is 12.8 Å². The molecule has 0 heterocycles. The minimum Gasteiger partial charge on any atom is -0.462 e. The van der Waals surface area contributed by atoms with Crippen LogP contribution in [0.5, 0.6) is 0 Å². The first kappa shape index (κ1) is 93.4. The number of carbonyl (C=O) groups is 2. The van der Waals surface area contributed by atoms with Gasteiger partial charge in [-0.3, -0.25) is 18.6 Å². The number of unbranched alkanes of at least 4 members (excludes halogenated alkanes) is 30. The molecule has 0 aliphatic heterocycles. The van der Waals surface area contributed by atoms with Crippen LogP contribution in [-0.2, 0) is 32.7 Å². The van der Waals surface area contributed by atoms with Crippen LogP contribution in [0.3, 0.4) is 0 Å². The van der Waals surface area contributed by atoms with Gasteiger partial charge in [-0.15, -0.1) is 0 Å². The lowest BCUT2D eigenvalue weighted by molar-refractivity contribution is -0.870. The van der Waals surface area contributed by atoms with Crippen LogP contribution in [0.4, 0.5) is 0 Å². The molecule has 0 spiro atoms. The Hall–Kier alpha value is -4.63. The van der Waals surface area contributed by atoms with Gasteiger partial charge in [-0.25, -0.2) is 4.57 Å². The summed E-state index contributed by atoms with van der Waals surface area (Å²) in [6.07, 6.45) is 116. The molecule has 0 fully saturated rings. The minimum absolute atomic E-state index is 0.0244. The van der Waals surface area contributed by atoms with E-state index in [9.17, 15) is 19.0 Å². The summed E-state index contributed by atoms with van der Waals surface area (Å²) in [7, 11) is 1.46. The van der Waals surface area contributed by atoms with E-state index in [-0.39, 0.29) is 32.0 Å². The van der Waals surface area contributed by atoms with Gasteiger partial charge in [-0.1, -0.05) is 351 Å². The van der Waals surface area contributed by atoms with Crippen molar-refractivity contribution in [1.82, 2.24) is 0 Å². The maximum Gasteiger partial charge on any atom is 0.472 e. The molecule has 0 bridgehead atoms. The number of phosphoric ester groups is 1. The van der Waals surface area contributed by atoms with Gasteiger partial charge in [0.1, 0.15) is 19.8 Å². The SMILES string of the molecule is CC/C=C\C/C=C\C/C=C\C/C=C\C/C=C\C/C=C\C/C=C\C/C=C\C/C=C\CCCCCCCCCCCC(=O)OC(COC(=O)CCCCCCCCCCCCCCCCCCCCCCC/C=C\C/C=C\C/C=C\C/C=C\C/C=C\CC)COP(=O)(O)OCC[N+](C)(C)C. The number of nitrogens with zero attached hydrogens (tertiary/aromatic N) is 1. The quantitative estimate of drug-likeness (QED) is 0.0211. The highest BCUT2D eigenvalue weighted by Crippen LogP contribution is 2.43. The zero-order chi connectivity index (χ0) is 71.1. The number of hydrogen-bond acceptors (Lipinski definition) is 7. The second-order valence-electron chi connectivity index (χ2n) is 27.3. The summed E-state index contributed by atoms with van der Waals surface area (Å²) in [5, 5.41) is 0. The maximum absolute atomic E-state index is 12.9. The van der Waals surface area contributed by atoms with Gasteiger partial charge in [0.2, 0.25) is 0 Å². The summed E-state index contributed by atoms with van der Waals surface area (Å²) in [5.74, 6) is -0.802. The molecule has 10 heteroatoms. The van der Waals surface area contributed by atoms with Crippen molar-refractivity contribution in [2.24, 2.45) is 0 Å². The number of allylic oxidation sites excluding steroid dienone is 28. The standard InChI is InChI=1S/C88H148NO8P/c1-6-8-10-12-14-16-18-20-22-24-26-28-30-32-34-36-38-40-42-44-46-48-50-52-54-56-58-60-62-64-66-68-70-72-74-76-78-80-87(90)94-84-86(85-96-98(92,93)95-83-82-89(3,4)5)97-88(91)81-79-77-75-73-71-69-67-65-63-61-59-57-55-53-51-49-47-45-43-41-39-37-35-33-31-29-27-25-23-21-19-17-15-13-11-9-7-2/h8-11,14-17,20-23,26-29,32-35,39,41,45,47,51,53,57,59,86H,6-7,12-13,18-19,24-25,30-31,36-38,40,42-44,46,48-50,52,54-56,58,60-85H2,1-5H3/p+1/b10-8-,11-9-,16-14-,17-15-,22-20-,23-21-,28-26-,29-27-,34-32-,35-33-,41-39-,47-45-,53-51-,59-57-. The molecule has 0 aromatic carbocycles. The molecule has 2 unspecified atom stereocenters. The van der Waals surface area contributed by atoms with E-state index in [1.54, 1.807) is 0 Å². The Kier molecular flexibility index (Phi) is 72.9. The van der Waals surface area contributed by atoms with Gasteiger partial charge in [0.25, 0.3) is 0 Å². The van der Waals surface area contributed by atoms with Crippen LogP contribution in [0, 0.1) is 0 Å². The molecule has 0 amide bonds. The molecule has 0 radical (unpaired) electrons. The number of quaternary nitrogens is 1. The molecule has 2 atom stereocenters. The molecule has 1 N–H and O–H groups in total. The number of hydrogen-bond donors (Lipinski definition) is 1. The predicted molar refractivity (Wildman–Crippen MR) is 426 cm³/mol. The summed E-state index contributed by atoms with van der Waals surface area (Å²) >= 11 is 0. The zero-order valence-corrected chi connectivity index (χ0v) is 64.6. The van der Waals surface area contributed by atoms with Gasteiger partial charge in [-0.05, 0) is 128 Å². The Balaban J connectivity index is 4.02. The second-order valence-corrected chi connectivity index (χ2v) is 28.8. The number of rotatable bonds is 72. The third-order valence-corrected chi connectivity index (χ3v) is 17.7. The predicted octanol–water partition coefficient (Wildman–Crippen LogP) is 26.8. The number of phosphoric acid groups is 1. The van der Waals surface area contributed by atoms with Crippen molar-refractivity contribution < 1.29 is 42.1 Å². The Morgan fingerprint density at radius 2 is 0.551 bits per heavy atom. The first-order chi connectivity index (χ1) is 48.0. The van der Waals surface area contributed by atoms with Crippen molar-refractivity contribution in [3.8, 4) is 0 Å². The molecule has 98 heavy (non-hydrogen) atoms. The molecule has 0 rings (SSSR count). The lowest BCUT2D eigenvalue weighted by Gasteiger charge is -2.24. The minimum atomic E-state index is -4.41. The van der Waals surface area contributed by atoms with Crippen LogP contribution in [0.25, 0.3) is 0 Å². The van der Waals surface area contributed by atoms with Crippen molar-refractivity contribution in [3.63, 3.8) is 0 Å². The summed E-state index contributed by atoms with van der Waals surface area (Å²) in [6.45, 7) is 4.21. The van der Waals surface area contributed by atoms with Crippen LogP contribution in [0.15, 0.2) is 170 Å². The van der Waals surface area contributed by atoms with Gasteiger partial charge in [0.05, 0.1) is 27.7 Å². The molecule has 0 aliphatic carbocycles. The van der Waals surface area contributed by atoms with E-state index >= 15 is 0 Å². The van der Waals surface area contributed by atoms with E-state index in [0.29, 0.717) is 17.4 Å². The highest BCUT2D eigenvalue weighted by Gasteiger charge is 2.27. The third kappa shape index (κ3) is 80.3. The average molecular weight is 1380 g/mol.